The van der Waals surface area contributed by atoms with Crippen LogP contribution in [0, 0.1) is 13.8 Å². The highest BCUT2D eigenvalue weighted by Gasteiger charge is 2.33. The number of hydrogen-bond donors (Lipinski definition) is 0. The van der Waals surface area contributed by atoms with Crippen molar-refractivity contribution in [3.63, 3.8) is 0 Å². The average molecular weight is 380 g/mol. The lowest BCUT2D eigenvalue weighted by molar-refractivity contribution is -0.142. The van der Waals surface area contributed by atoms with Crippen LogP contribution in [0.2, 0.25) is 0 Å². The summed E-state index contributed by atoms with van der Waals surface area (Å²) < 4.78 is 11.5. The molecule has 0 bridgehead atoms. The topological polar surface area (TPSA) is 59.1 Å². The van der Waals surface area contributed by atoms with E-state index in [1.807, 2.05) is 55.1 Å². The van der Waals surface area contributed by atoms with Gasteiger partial charge in [-0.2, -0.15) is 0 Å². The lowest BCUT2D eigenvalue weighted by Gasteiger charge is -2.37. The summed E-state index contributed by atoms with van der Waals surface area (Å²) in [6.07, 6.45) is -0.642. The van der Waals surface area contributed by atoms with Crippen LogP contribution in [0.4, 0.5) is 0 Å². The van der Waals surface area contributed by atoms with Gasteiger partial charge in [0, 0.05) is 31.7 Å². The number of nitrogens with zero attached hydrogens (tertiary/aromatic N) is 2. The minimum atomic E-state index is -0.642. The fraction of sp³-hybridized carbons (Fsp3) is 0.364. The average Bonchev–Trinajstić information content (AvgIpc) is 2.72. The third-order valence-corrected chi connectivity index (χ3v) is 5.27. The van der Waals surface area contributed by atoms with Crippen molar-refractivity contribution in [2.45, 2.75) is 20.0 Å². The van der Waals surface area contributed by atoms with Gasteiger partial charge in [0.1, 0.15) is 6.61 Å². The molecule has 28 heavy (non-hydrogen) atoms. The molecule has 0 aliphatic carbocycles. The Kier molecular flexibility index (Phi) is 4.94. The highest BCUT2D eigenvalue weighted by atomic mass is 16.6. The maximum absolute atomic E-state index is 12.8. The first-order valence-corrected chi connectivity index (χ1v) is 9.57. The predicted octanol–water partition coefficient (Wildman–Crippen LogP) is 2.43. The van der Waals surface area contributed by atoms with E-state index in [1.165, 1.54) is 0 Å². The van der Waals surface area contributed by atoms with Crippen molar-refractivity contribution in [3.05, 3.63) is 59.2 Å². The zero-order chi connectivity index (χ0) is 19.7. The molecule has 2 heterocycles. The van der Waals surface area contributed by atoms with Gasteiger partial charge in [0.05, 0.1) is 0 Å². The van der Waals surface area contributed by atoms with E-state index in [9.17, 15) is 9.59 Å². The first-order chi connectivity index (χ1) is 13.5. The van der Waals surface area contributed by atoms with Gasteiger partial charge >= 0.3 is 0 Å². The molecule has 0 saturated carbocycles. The second kappa shape index (κ2) is 7.54. The molecule has 2 amide bonds. The Balaban J connectivity index is 1.36. The Morgan fingerprint density at radius 1 is 0.929 bits per heavy atom. The maximum Gasteiger partial charge on any atom is 0.267 e. The normalized spacial score (nSPS) is 18.7. The van der Waals surface area contributed by atoms with Crippen molar-refractivity contribution in [2.75, 3.05) is 32.8 Å². The van der Waals surface area contributed by atoms with Crippen LogP contribution in [-0.2, 0) is 4.79 Å². The molecule has 2 aliphatic rings. The number of aryl methyl sites for hydroxylation is 2. The smallest absolute Gasteiger partial charge is 0.267 e. The van der Waals surface area contributed by atoms with E-state index in [0.29, 0.717) is 37.7 Å². The molecule has 1 atom stereocenters. The number of carbonyl (C=O) groups excluding carboxylic acids is 2. The van der Waals surface area contributed by atoms with Gasteiger partial charge in [-0.1, -0.05) is 29.8 Å². The van der Waals surface area contributed by atoms with Gasteiger partial charge in [-0.15, -0.1) is 0 Å². The number of rotatable bonds is 2. The van der Waals surface area contributed by atoms with Crippen LogP contribution in [0.5, 0.6) is 11.5 Å². The maximum atomic E-state index is 12.8. The number of para-hydroxylation sites is 2. The van der Waals surface area contributed by atoms with Crippen LogP contribution in [0.25, 0.3) is 0 Å². The predicted molar refractivity (Wildman–Crippen MR) is 105 cm³/mol. The summed E-state index contributed by atoms with van der Waals surface area (Å²) in [5.74, 6) is 1.19. The highest BCUT2D eigenvalue weighted by Crippen LogP contribution is 2.31. The van der Waals surface area contributed by atoms with Gasteiger partial charge in [0.2, 0.25) is 6.10 Å². The number of carbonyl (C=O) groups is 2. The van der Waals surface area contributed by atoms with Crippen LogP contribution in [-0.4, -0.2) is 60.5 Å². The van der Waals surface area contributed by atoms with Gasteiger partial charge in [0.25, 0.3) is 11.8 Å². The van der Waals surface area contributed by atoms with Crippen molar-refractivity contribution >= 4 is 11.8 Å². The zero-order valence-corrected chi connectivity index (χ0v) is 16.2. The van der Waals surface area contributed by atoms with Crippen LogP contribution in [0.1, 0.15) is 21.5 Å². The first-order valence-electron chi connectivity index (χ1n) is 9.57. The quantitative estimate of drug-likeness (QED) is 0.803. The standard InChI is InChI=1S/C22H24N2O4/c1-15-7-8-17(16(2)13-15)21(25)23-9-11-24(12-10-23)22(26)20-14-27-18-5-3-4-6-19(18)28-20/h3-8,13,20H,9-12,14H2,1-2H3. The lowest BCUT2D eigenvalue weighted by atomic mass is 10.0. The molecule has 146 valence electrons. The van der Waals surface area contributed by atoms with Gasteiger partial charge in [-0.05, 0) is 37.6 Å². The molecule has 6 heteroatoms. The molecule has 1 fully saturated rings. The molecule has 0 N–H and O–H groups in total. The van der Waals surface area contributed by atoms with E-state index < -0.39 is 6.10 Å². The van der Waals surface area contributed by atoms with Gasteiger partial charge in [-0.3, -0.25) is 9.59 Å². The van der Waals surface area contributed by atoms with E-state index in [1.54, 1.807) is 11.0 Å². The van der Waals surface area contributed by atoms with Crippen molar-refractivity contribution in [2.24, 2.45) is 0 Å². The minimum absolute atomic E-state index is 0.0239. The van der Waals surface area contributed by atoms with Crippen LogP contribution in [0.3, 0.4) is 0 Å². The monoisotopic (exact) mass is 380 g/mol. The van der Waals surface area contributed by atoms with Crippen molar-refractivity contribution < 1.29 is 19.1 Å². The van der Waals surface area contributed by atoms with E-state index in [4.69, 9.17) is 9.47 Å². The summed E-state index contributed by atoms with van der Waals surface area (Å²) in [5, 5.41) is 0. The van der Waals surface area contributed by atoms with E-state index in [0.717, 1.165) is 16.7 Å². The van der Waals surface area contributed by atoms with Crippen LogP contribution in [0.15, 0.2) is 42.5 Å². The molecule has 6 nitrogen and oxygen atoms in total. The lowest BCUT2D eigenvalue weighted by Crippen LogP contribution is -2.55. The van der Waals surface area contributed by atoms with Crippen molar-refractivity contribution in [3.8, 4) is 11.5 Å². The Morgan fingerprint density at radius 3 is 2.32 bits per heavy atom. The molecular weight excluding hydrogens is 356 g/mol. The molecule has 0 aromatic heterocycles. The number of benzene rings is 2. The number of ether oxygens (including phenoxy) is 2. The molecule has 2 aromatic rings. The SMILES string of the molecule is Cc1ccc(C(=O)N2CCN(C(=O)C3COc4ccccc4O3)CC2)c(C)c1. The number of hydrogen-bond acceptors (Lipinski definition) is 4. The Bertz CT molecular complexity index is 903. The van der Waals surface area contributed by atoms with Gasteiger partial charge < -0.3 is 19.3 Å². The molecule has 2 aromatic carbocycles. The van der Waals surface area contributed by atoms with E-state index in [-0.39, 0.29) is 18.4 Å². The van der Waals surface area contributed by atoms with Gasteiger partial charge in [0.15, 0.2) is 11.5 Å². The fourth-order valence-corrected chi connectivity index (χ4v) is 3.70. The van der Waals surface area contributed by atoms with Crippen LogP contribution < -0.4 is 9.47 Å². The highest BCUT2D eigenvalue weighted by molar-refractivity contribution is 5.96. The molecule has 1 saturated heterocycles. The van der Waals surface area contributed by atoms with Crippen molar-refractivity contribution in [1.29, 1.82) is 0 Å². The summed E-state index contributed by atoms with van der Waals surface area (Å²) >= 11 is 0. The summed E-state index contributed by atoms with van der Waals surface area (Å²) in [5.41, 5.74) is 2.85. The summed E-state index contributed by atoms with van der Waals surface area (Å²) in [7, 11) is 0. The largest absolute Gasteiger partial charge is 0.485 e. The van der Waals surface area contributed by atoms with Crippen LogP contribution >= 0.6 is 0 Å². The van der Waals surface area contributed by atoms with E-state index >= 15 is 0 Å². The third-order valence-electron chi connectivity index (χ3n) is 5.27. The summed E-state index contributed by atoms with van der Waals surface area (Å²) in [6.45, 7) is 6.20. The number of fused-ring (bicyclic) bond motifs is 1. The summed E-state index contributed by atoms with van der Waals surface area (Å²) in [6, 6.07) is 13.2. The van der Waals surface area contributed by atoms with E-state index in [2.05, 4.69) is 0 Å². The Hall–Kier alpha value is -3.02. The molecule has 1 unspecified atom stereocenters. The van der Waals surface area contributed by atoms with Gasteiger partial charge in [-0.25, -0.2) is 0 Å². The fourth-order valence-electron chi connectivity index (χ4n) is 3.70. The molecule has 4 rings (SSSR count). The third kappa shape index (κ3) is 3.54. The minimum Gasteiger partial charge on any atom is -0.485 e. The summed E-state index contributed by atoms with van der Waals surface area (Å²) in [4.78, 5) is 29.2. The second-order valence-corrected chi connectivity index (χ2v) is 7.30. The molecular formula is C22H24N2O4. The first kappa shape index (κ1) is 18.3. The molecule has 0 spiro atoms. The molecule has 2 aliphatic heterocycles. The van der Waals surface area contributed by atoms with Crippen molar-refractivity contribution in [1.82, 2.24) is 9.80 Å². The number of piperazine rings is 1. The molecule has 0 radical (unpaired) electrons. The Morgan fingerprint density at radius 2 is 1.61 bits per heavy atom. The number of amides is 2. The zero-order valence-electron chi connectivity index (χ0n) is 16.2. The second-order valence-electron chi connectivity index (χ2n) is 7.30. The Labute approximate surface area is 164 Å².